The molecule has 0 bridgehead atoms. The summed E-state index contributed by atoms with van der Waals surface area (Å²) in [4.78, 5) is 12.0. The number of anilines is 1. The summed E-state index contributed by atoms with van der Waals surface area (Å²) >= 11 is 0. The number of aromatic nitrogens is 4. The number of nitrogen functional groups attached to an aromatic ring is 1. The van der Waals surface area contributed by atoms with Crippen LogP contribution in [-0.2, 0) is 13.8 Å². The van der Waals surface area contributed by atoms with Crippen LogP contribution in [-0.4, -0.2) is 56.5 Å². The molecule has 0 saturated heterocycles. The molecule has 0 amide bonds. The first-order valence-corrected chi connectivity index (χ1v) is 11.1. The number of nitrogens with zero attached hydrogens (tertiary/aromatic N) is 4. The van der Waals surface area contributed by atoms with Gasteiger partial charge in [0.1, 0.15) is 25.1 Å². The van der Waals surface area contributed by atoms with Crippen molar-refractivity contribution in [1.29, 1.82) is 0 Å². The monoisotopic (exact) mass is 487 g/mol. The predicted octanol–water partition coefficient (Wildman–Crippen LogP) is 2.82. The van der Waals surface area contributed by atoms with Crippen LogP contribution in [0.25, 0.3) is 11.2 Å². The van der Waals surface area contributed by atoms with Gasteiger partial charge in [-0.25, -0.2) is 18.3 Å². The average molecular weight is 487 g/mol. The topological polar surface area (TPSA) is 144 Å². The molecule has 180 valence electrons. The highest BCUT2D eigenvalue weighted by molar-refractivity contribution is 7.33. The fourth-order valence-electron chi connectivity index (χ4n) is 2.77. The third-order valence-corrected chi connectivity index (χ3v) is 5.20. The van der Waals surface area contributed by atoms with Crippen molar-refractivity contribution in [2.45, 2.75) is 32.0 Å². The Morgan fingerprint density at radius 3 is 2.67 bits per heavy atom. The van der Waals surface area contributed by atoms with Crippen LogP contribution < -0.4 is 15.0 Å². The summed E-state index contributed by atoms with van der Waals surface area (Å²) in [6, 6.07) is 8.10. The Morgan fingerprint density at radius 2 is 2.03 bits per heavy atom. The molecule has 14 heteroatoms. The first kappa shape index (κ1) is 24.8. The maximum absolute atomic E-state index is 15.5. The van der Waals surface area contributed by atoms with Crippen molar-refractivity contribution in [3.05, 3.63) is 36.7 Å². The summed E-state index contributed by atoms with van der Waals surface area (Å²) in [6.07, 6.45) is -2.26. The molecule has 2 heterocycles. The van der Waals surface area contributed by atoms with Crippen molar-refractivity contribution < 1.29 is 37.0 Å². The normalized spacial score (nSPS) is 16.2. The lowest BCUT2D eigenvalue weighted by molar-refractivity contribution is -0.259. The fraction of sp³-hybridized carbons (Fsp3) is 0.421. The van der Waals surface area contributed by atoms with Crippen molar-refractivity contribution in [1.82, 2.24) is 19.5 Å². The summed E-state index contributed by atoms with van der Waals surface area (Å²) in [5.74, 6) is -2.81. The number of para-hydroxylation sites is 1. The molecule has 0 aliphatic rings. The Balaban J connectivity index is 1.79. The molecular weight excluding hydrogens is 463 g/mol. The Kier molecular flexibility index (Phi) is 8.14. The highest BCUT2D eigenvalue weighted by atomic mass is 31.1. The Bertz CT molecular complexity index is 1090. The predicted molar refractivity (Wildman–Crippen MR) is 115 cm³/mol. The molecule has 2 aromatic heterocycles. The lowest BCUT2D eigenvalue weighted by atomic mass is 10.2. The molecule has 1 unspecified atom stereocenters. The van der Waals surface area contributed by atoms with E-state index in [-0.39, 0.29) is 35.3 Å². The zero-order valence-electron chi connectivity index (χ0n) is 17.9. The second-order valence-corrected chi connectivity index (χ2v) is 7.78. The SMILES string of the molecule is CCOc1nc(N)nc2c1ncn2[C@@H](CF)O[C@](F)(CO[PH](=O)Oc1ccccc1)[C@H](C)O. The van der Waals surface area contributed by atoms with Crippen LogP contribution in [0.3, 0.4) is 0 Å². The van der Waals surface area contributed by atoms with Crippen molar-refractivity contribution in [3.63, 3.8) is 0 Å². The largest absolute Gasteiger partial charge is 0.476 e. The van der Waals surface area contributed by atoms with Gasteiger partial charge >= 0.3 is 8.25 Å². The van der Waals surface area contributed by atoms with E-state index in [1.165, 1.54) is 12.1 Å². The van der Waals surface area contributed by atoms with Gasteiger partial charge in [0.05, 0.1) is 12.9 Å². The quantitative estimate of drug-likeness (QED) is 0.366. The number of aliphatic hydroxyl groups is 1. The van der Waals surface area contributed by atoms with Gasteiger partial charge in [-0.2, -0.15) is 9.97 Å². The minimum Gasteiger partial charge on any atom is -0.476 e. The van der Waals surface area contributed by atoms with E-state index in [0.717, 1.165) is 17.8 Å². The smallest absolute Gasteiger partial charge is 0.368 e. The molecule has 3 aromatic rings. The summed E-state index contributed by atoms with van der Waals surface area (Å²) in [5.41, 5.74) is 5.88. The number of benzene rings is 1. The van der Waals surface area contributed by atoms with Crippen LogP contribution in [0.1, 0.15) is 20.1 Å². The van der Waals surface area contributed by atoms with Crippen LogP contribution in [0, 0.1) is 0 Å². The van der Waals surface area contributed by atoms with Crippen molar-refractivity contribution in [2.24, 2.45) is 0 Å². The van der Waals surface area contributed by atoms with E-state index in [1.54, 1.807) is 25.1 Å². The second kappa shape index (κ2) is 10.8. The molecule has 33 heavy (non-hydrogen) atoms. The summed E-state index contributed by atoms with van der Waals surface area (Å²) in [6.45, 7) is 0.834. The van der Waals surface area contributed by atoms with Crippen LogP contribution >= 0.6 is 8.25 Å². The van der Waals surface area contributed by atoms with Gasteiger partial charge in [0, 0.05) is 0 Å². The molecule has 3 N–H and O–H groups in total. The number of rotatable bonds is 12. The molecule has 0 aliphatic heterocycles. The zero-order chi connectivity index (χ0) is 24.0. The van der Waals surface area contributed by atoms with Crippen LogP contribution in [0.5, 0.6) is 11.6 Å². The lowest BCUT2D eigenvalue weighted by Gasteiger charge is -2.31. The van der Waals surface area contributed by atoms with Crippen LogP contribution in [0.15, 0.2) is 36.7 Å². The molecule has 0 radical (unpaired) electrons. The van der Waals surface area contributed by atoms with Crippen molar-refractivity contribution in [2.75, 3.05) is 25.6 Å². The highest BCUT2D eigenvalue weighted by Gasteiger charge is 2.41. The second-order valence-electron chi connectivity index (χ2n) is 6.79. The molecule has 1 aromatic carbocycles. The number of imidazole rings is 1. The molecular formula is C19H24F2N5O6P. The van der Waals surface area contributed by atoms with Gasteiger partial charge in [0.2, 0.25) is 11.8 Å². The molecule has 0 saturated carbocycles. The first-order valence-electron chi connectivity index (χ1n) is 9.90. The number of hydrogen-bond acceptors (Lipinski definition) is 10. The Labute approximate surface area is 188 Å². The third kappa shape index (κ3) is 5.93. The van der Waals surface area contributed by atoms with Crippen LogP contribution in [0.2, 0.25) is 0 Å². The summed E-state index contributed by atoms with van der Waals surface area (Å²) < 4.78 is 63.2. The maximum Gasteiger partial charge on any atom is 0.368 e. The van der Waals surface area contributed by atoms with Crippen LogP contribution in [0.4, 0.5) is 14.7 Å². The van der Waals surface area contributed by atoms with Gasteiger partial charge in [0.25, 0.3) is 5.85 Å². The molecule has 4 atom stereocenters. The third-order valence-electron chi connectivity index (χ3n) is 4.42. The molecule has 3 rings (SSSR count). The van der Waals surface area contributed by atoms with E-state index >= 15 is 4.39 Å². The van der Waals surface area contributed by atoms with E-state index < -0.39 is 39.7 Å². The number of nitrogens with two attached hydrogens (primary N) is 1. The first-order chi connectivity index (χ1) is 15.8. The van der Waals surface area contributed by atoms with Crippen molar-refractivity contribution >= 4 is 25.4 Å². The fourth-order valence-corrected chi connectivity index (χ4v) is 3.47. The Morgan fingerprint density at radius 1 is 1.30 bits per heavy atom. The van der Waals surface area contributed by atoms with E-state index in [4.69, 9.17) is 24.3 Å². The molecule has 0 spiro atoms. The molecule has 0 fully saturated rings. The summed E-state index contributed by atoms with van der Waals surface area (Å²) in [5, 5.41) is 9.96. The minimum atomic E-state index is -3.20. The van der Waals surface area contributed by atoms with Gasteiger partial charge in [-0.3, -0.25) is 9.09 Å². The van der Waals surface area contributed by atoms with Crippen molar-refractivity contribution in [3.8, 4) is 11.6 Å². The van der Waals surface area contributed by atoms with Gasteiger partial charge < -0.3 is 24.8 Å². The van der Waals surface area contributed by atoms with E-state index in [1.807, 2.05) is 0 Å². The standard InChI is InChI=1S/C19H24F2N5O6P/c1-3-29-17-15-16(24-18(22)25-17)26(11-23-15)14(9-20)31-19(21,12(2)27)10-30-33(28)32-13-7-5-4-6-8-13/h4-8,11-12,14,27,33H,3,9-10H2,1-2H3,(H2,22,24,25)/t12-,14+,19+/m0/s1. The maximum atomic E-state index is 15.5. The average Bonchev–Trinajstić information content (AvgIpc) is 3.20. The van der Waals surface area contributed by atoms with Gasteiger partial charge in [-0.05, 0) is 26.0 Å². The zero-order valence-corrected chi connectivity index (χ0v) is 18.9. The number of aliphatic hydroxyl groups excluding tert-OH is 1. The van der Waals surface area contributed by atoms with Gasteiger partial charge in [0.15, 0.2) is 17.4 Å². The Hall–Kier alpha value is -2.86. The highest BCUT2D eigenvalue weighted by Crippen LogP contribution is 2.34. The lowest BCUT2D eigenvalue weighted by Crippen LogP contribution is -2.45. The van der Waals surface area contributed by atoms with Gasteiger partial charge in [-0.1, -0.05) is 18.2 Å². The molecule has 11 nitrogen and oxygen atoms in total. The minimum absolute atomic E-state index is 0.0310. The van der Waals surface area contributed by atoms with Gasteiger partial charge in [-0.15, -0.1) is 0 Å². The van der Waals surface area contributed by atoms with E-state index in [0.29, 0.717) is 0 Å². The van der Waals surface area contributed by atoms with E-state index in [9.17, 15) is 14.1 Å². The number of halogens is 2. The molecule has 0 aliphatic carbocycles. The van der Waals surface area contributed by atoms with E-state index in [2.05, 4.69) is 15.0 Å². The number of alkyl halides is 2. The number of fused-ring (bicyclic) bond motifs is 1. The number of ether oxygens (including phenoxy) is 2. The summed E-state index contributed by atoms with van der Waals surface area (Å²) in [7, 11) is -3.20. The number of hydrogen-bond donors (Lipinski definition) is 2.